The van der Waals surface area contributed by atoms with Crippen LogP contribution in [0.25, 0.3) is 11.1 Å². The van der Waals surface area contributed by atoms with Gasteiger partial charge >= 0.3 is 0 Å². The monoisotopic (exact) mass is 241 g/mol. The minimum Gasteiger partial charge on any atom is -0.481 e. The van der Waals surface area contributed by atoms with Crippen LogP contribution >= 0.6 is 0 Å². The van der Waals surface area contributed by atoms with Crippen molar-refractivity contribution >= 4 is 5.78 Å². The topological polar surface area (TPSA) is 39.2 Å². The predicted molar refractivity (Wildman–Crippen MR) is 71.0 cm³/mol. The molecule has 0 atom stereocenters. The van der Waals surface area contributed by atoms with Crippen molar-refractivity contribution in [2.45, 2.75) is 13.8 Å². The van der Waals surface area contributed by atoms with E-state index in [2.05, 4.69) is 4.98 Å². The van der Waals surface area contributed by atoms with E-state index in [-0.39, 0.29) is 5.78 Å². The summed E-state index contributed by atoms with van der Waals surface area (Å²) in [6, 6.07) is 9.46. The van der Waals surface area contributed by atoms with E-state index in [1.54, 1.807) is 20.2 Å². The second kappa shape index (κ2) is 5.00. The van der Waals surface area contributed by atoms with Crippen LogP contribution in [-0.4, -0.2) is 17.9 Å². The number of carbonyl (C=O) groups is 1. The molecule has 0 saturated carbocycles. The first-order valence-corrected chi connectivity index (χ1v) is 5.74. The number of aryl methyl sites for hydroxylation is 1. The van der Waals surface area contributed by atoms with Crippen molar-refractivity contribution in [2.75, 3.05) is 7.11 Å². The molecule has 1 heterocycles. The van der Waals surface area contributed by atoms with Crippen molar-refractivity contribution in [3.8, 4) is 17.0 Å². The van der Waals surface area contributed by atoms with E-state index in [9.17, 15) is 4.79 Å². The molecule has 0 N–H and O–H groups in total. The summed E-state index contributed by atoms with van der Waals surface area (Å²) in [5, 5.41) is 0. The minimum absolute atomic E-state index is 0.0673. The zero-order valence-electron chi connectivity index (χ0n) is 10.7. The second-order valence-corrected chi connectivity index (χ2v) is 4.18. The molecule has 2 aromatic rings. The van der Waals surface area contributed by atoms with Crippen molar-refractivity contribution in [1.82, 2.24) is 4.98 Å². The molecule has 0 aliphatic heterocycles. The molecule has 0 fully saturated rings. The van der Waals surface area contributed by atoms with E-state index in [0.717, 1.165) is 16.7 Å². The van der Waals surface area contributed by atoms with E-state index in [4.69, 9.17) is 4.74 Å². The van der Waals surface area contributed by atoms with Crippen LogP contribution in [0, 0.1) is 6.92 Å². The number of hydrogen-bond acceptors (Lipinski definition) is 3. The van der Waals surface area contributed by atoms with Gasteiger partial charge in [-0.15, -0.1) is 0 Å². The molecule has 0 spiro atoms. The number of pyridine rings is 1. The predicted octanol–water partition coefficient (Wildman–Crippen LogP) is 3.27. The van der Waals surface area contributed by atoms with E-state index < -0.39 is 0 Å². The van der Waals surface area contributed by atoms with E-state index in [1.807, 2.05) is 37.3 Å². The zero-order valence-corrected chi connectivity index (χ0v) is 10.7. The average molecular weight is 241 g/mol. The first-order chi connectivity index (χ1) is 8.61. The molecule has 3 nitrogen and oxygen atoms in total. The largest absolute Gasteiger partial charge is 0.481 e. The van der Waals surface area contributed by atoms with Crippen molar-refractivity contribution in [3.05, 3.63) is 47.7 Å². The Hall–Kier alpha value is -2.16. The van der Waals surface area contributed by atoms with Gasteiger partial charge in [-0.25, -0.2) is 4.98 Å². The fourth-order valence-corrected chi connectivity index (χ4v) is 1.81. The van der Waals surface area contributed by atoms with Gasteiger partial charge in [0.15, 0.2) is 5.78 Å². The van der Waals surface area contributed by atoms with Crippen LogP contribution in [0.2, 0.25) is 0 Å². The van der Waals surface area contributed by atoms with Gasteiger partial charge in [-0.3, -0.25) is 4.79 Å². The molecule has 0 radical (unpaired) electrons. The SMILES string of the molecule is COc1ccc(-c2cc(C(C)=O)ccc2C)cn1. The fraction of sp³-hybridized carbons (Fsp3) is 0.200. The molecule has 92 valence electrons. The lowest BCUT2D eigenvalue weighted by Crippen LogP contribution is -1.94. The first kappa shape index (κ1) is 12.3. The molecular weight excluding hydrogens is 226 g/mol. The van der Waals surface area contributed by atoms with Gasteiger partial charge in [0.25, 0.3) is 0 Å². The van der Waals surface area contributed by atoms with Gasteiger partial charge in [0, 0.05) is 23.4 Å². The Morgan fingerprint density at radius 1 is 1.22 bits per heavy atom. The number of rotatable bonds is 3. The summed E-state index contributed by atoms with van der Waals surface area (Å²) in [4.78, 5) is 15.6. The standard InChI is InChI=1S/C15H15NO2/c1-10-4-5-12(11(2)17)8-14(10)13-6-7-15(18-3)16-9-13/h4-9H,1-3H3. The highest BCUT2D eigenvalue weighted by molar-refractivity contribution is 5.95. The van der Waals surface area contributed by atoms with Crippen LogP contribution in [-0.2, 0) is 0 Å². The molecule has 0 bridgehead atoms. The van der Waals surface area contributed by atoms with Crippen LogP contribution in [0.4, 0.5) is 0 Å². The van der Waals surface area contributed by atoms with Gasteiger partial charge in [0.1, 0.15) is 0 Å². The van der Waals surface area contributed by atoms with Crippen LogP contribution in [0.1, 0.15) is 22.8 Å². The number of hydrogen-bond donors (Lipinski definition) is 0. The molecule has 3 heteroatoms. The lowest BCUT2D eigenvalue weighted by atomic mass is 9.98. The summed E-state index contributed by atoms with van der Waals surface area (Å²) < 4.78 is 5.03. The lowest BCUT2D eigenvalue weighted by molar-refractivity contribution is 0.101. The Balaban J connectivity index is 2.48. The van der Waals surface area contributed by atoms with Crippen LogP contribution < -0.4 is 4.74 Å². The number of aromatic nitrogens is 1. The number of Topliss-reactive ketones (excluding diaryl/α,β-unsaturated/α-hetero) is 1. The maximum atomic E-state index is 11.4. The highest BCUT2D eigenvalue weighted by Gasteiger charge is 2.06. The van der Waals surface area contributed by atoms with Crippen molar-refractivity contribution in [1.29, 1.82) is 0 Å². The smallest absolute Gasteiger partial charge is 0.212 e. The van der Waals surface area contributed by atoms with Crippen molar-refractivity contribution in [3.63, 3.8) is 0 Å². The minimum atomic E-state index is 0.0673. The molecule has 2 rings (SSSR count). The third-order valence-electron chi connectivity index (χ3n) is 2.90. The third-order valence-corrected chi connectivity index (χ3v) is 2.90. The molecule has 1 aromatic heterocycles. The van der Waals surface area contributed by atoms with Crippen LogP contribution in [0.5, 0.6) is 5.88 Å². The molecule has 0 amide bonds. The Labute approximate surface area is 106 Å². The summed E-state index contributed by atoms with van der Waals surface area (Å²) in [5.74, 6) is 0.650. The number of nitrogens with zero attached hydrogens (tertiary/aromatic N) is 1. The summed E-state index contributed by atoms with van der Waals surface area (Å²) in [7, 11) is 1.59. The molecule has 18 heavy (non-hydrogen) atoms. The number of benzene rings is 1. The van der Waals surface area contributed by atoms with Gasteiger partial charge in [-0.05, 0) is 37.1 Å². The second-order valence-electron chi connectivity index (χ2n) is 4.18. The number of methoxy groups -OCH3 is 1. The third kappa shape index (κ3) is 2.40. The highest BCUT2D eigenvalue weighted by atomic mass is 16.5. The average Bonchev–Trinajstić information content (AvgIpc) is 2.39. The molecule has 0 aliphatic carbocycles. The van der Waals surface area contributed by atoms with Crippen LogP contribution in [0.15, 0.2) is 36.5 Å². The van der Waals surface area contributed by atoms with Crippen molar-refractivity contribution < 1.29 is 9.53 Å². The summed E-state index contributed by atoms with van der Waals surface area (Å²) in [6.07, 6.45) is 1.76. The van der Waals surface area contributed by atoms with Crippen molar-refractivity contribution in [2.24, 2.45) is 0 Å². The quantitative estimate of drug-likeness (QED) is 0.774. The molecular formula is C15H15NO2. The molecule has 0 aliphatic rings. The Morgan fingerprint density at radius 3 is 2.56 bits per heavy atom. The first-order valence-electron chi connectivity index (χ1n) is 5.74. The van der Waals surface area contributed by atoms with Gasteiger partial charge < -0.3 is 4.74 Å². The molecule has 1 aromatic carbocycles. The Morgan fingerprint density at radius 2 is 2.00 bits per heavy atom. The number of carbonyl (C=O) groups excluding carboxylic acids is 1. The normalized spacial score (nSPS) is 10.2. The van der Waals surface area contributed by atoms with Gasteiger partial charge in [-0.1, -0.05) is 12.1 Å². The van der Waals surface area contributed by atoms with E-state index >= 15 is 0 Å². The Bertz CT molecular complexity index is 574. The maximum absolute atomic E-state index is 11.4. The van der Waals surface area contributed by atoms with Gasteiger partial charge in [-0.2, -0.15) is 0 Å². The fourth-order valence-electron chi connectivity index (χ4n) is 1.81. The van der Waals surface area contributed by atoms with Gasteiger partial charge in [0.2, 0.25) is 5.88 Å². The number of ketones is 1. The van der Waals surface area contributed by atoms with Gasteiger partial charge in [0.05, 0.1) is 7.11 Å². The maximum Gasteiger partial charge on any atom is 0.212 e. The van der Waals surface area contributed by atoms with E-state index in [1.165, 1.54) is 0 Å². The zero-order chi connectivity index (χ0) is 13.1. The lowest BCUT2D eigenvalue weighted by Gasteiger charge is -2.08. The summed E-state index contributed by atoms with van der Waals surface area (Å²) in [5.41, 5.74) is 3.84. The highest BCUT2D eigenvalue weighted by Crippen LogP contribution is 2.25. The van der Waals surface area contributed by atoms with E-state index in [0.29, 0.717) is 11.4 Å². The summed E-state index contributed by atoms with van der Waals surface area (Å²) in [6.45, 7) is 3.59. The van der Waals surface area contributed by atoms with Crippen LogP contribution in [0.3, 0.4) is 0 Å². The Kier molecular flexibility index (Phi) is 3.42. The number of ether oxygens (including phenoxy) is 1. The molecule has 0 saturated heterocycles. The molecule has 0 unspecified atom stereocenters. The summed E-state index contributed by atoms with van der Waals surface area (Å²) >= 11 is 0.